The Hall–Kier alpha value is -2.24. The van der Waals surface area contributed by atoms with Crippen LogP contribution in [-0.4, -0.2) is 27.0 Å². The SMILES string of the molecule is CCn1ncc2c(C(N)=O)c(C=O)cnc21. The molecular weight excluding hydrogens is 208 g/mol. The Morgan fingerprint density at radius 3 is 2.88 bits per heavy atom. The van der Waals surface area contributed by atoms with Gasteiger partial charge in [0.05, 0.1) is 17.1 Å². The molecule has 0 radical (unpaired) electrons. The van der Waals surface area contributed by atoms with Gasteiger partial charge in [0.1, 0.15) is 0 Å². The summed E-state index contributed by atoms with van der Waals surface area (Å²) in [6.45, 7) is 2.54. The van der Waals surface area contributed by atoms with Crippen molar-refractivity contribution >= 4 is 23.2 Å². The minimum atomic E-state index is -0.648. The van der Waals surface area contributed by atoms with Crippen LogP contribution in [-0.2, 0) is 6.54 Å². The normalized spacial score (nSPS) is 10.6. The zero-order chi connectivity index (χ0) is 11.7. The second-order valence-electron chi connectivity index (χ2n) is 3.27. The molecule has 0 spiro atoms. The predicted molar refractivity (Wildman–Crippen MR) is 57.1 cm³/mol. The van der Waals surface area contributed by atoms with Crippen molar-refractivity contribution < 1.29 is 9.59 Å². The molecule has 0 atom stereocenters. The van der Waals surface area contributed by atoms with Crippen molar-refractivity contribution in [3.8, 4) is 0 Å². The first kappa shape index (κ1) is 10.3. The number of primary amides is 1. The molecule has 82 valence electrons. The monoisotopic (exact) mass is 218 g/mol. The summed E-state index contributed by atoms with van der Waals surface area (Å²) < 4.78 is 1.64. The van der Waals surface area contributed by atoms with Crippen LogP contribution in [0.3, 0.4) is 0 Å². The highest BCUT2D eigenvalue weighted by Crippen LogP contribution is 2.18. The van der Waals surface area contributed by atoms with Gasteiger partial charge < -0.3 is 5.73 Å². The lowest BCUT2D eigenvalue weighted by Gasteiger charge is -2.02. The van der Waals surface area contributed by atoms with Crippen LogP contribution in [0.5, 0.6) is 0 Å². The largest absolute Gasteiger partial charge is 0.366 e. The number of aldehydes is 1. The molecule has 0 aliphatic carbocycles. The summed E-state index contributed by atoms with van der Waals surface area (Å²) in [7, 11) is 0. The summed E-state index contributed by atoms with van der Waals surface area (Å²) in [5, 5.41) is 4.58. The molecule has 0 aliphatic heterocycles. The summed E-state index contributed by atoms with van der Waals surface area (Å²) in [5.74, 6) is -0.648. The third-order valence-corrected chi connectivity index (χ3v) is 2.37. The van der Waals surface area contributed by atoms with Crippen molar-refractivity contribution in [1.29, 1.82) is 0 Å². The first-order valence-corrected chi connectivity index (χ1v) is 4.78. The van der Waals surface area contributed by atoms with Gasteiger partial charge in [-0.3, -0.25) is 9.59 Å². The summed E-state index contributed by atoms with van der Waals surface area (Å²) in [5.41, 5.74) is 6.17. The summed E-state index contributed by atoms with van der Waals surface area (Å²) in [6.07, 6.45) is 3.40. The molecule has 2 aromatic rings. The minimum absolute atomic E-state index is 0.180. The zero-order valence-electron chi connectivity index (χ0n) is 8.67. The fourth-order valence-electron chi connectivity index (χ4n) is 1.64. The van der Waals surface area contributed by atoms with Gasteiger partial charge in [0.25, 0.3) is 0 Å². The van der Waals surface area contributed by atoms with Crippen LogP contribution in [0, 0.1) is 0 Å². The van der Waals surface area contributed by atoms with E-state index in [2.05, 4.69) is 10.1 Å². The van der Waals surface area contributed by atoms with Crippen LogP contribution in [0.1, 0.15) is 27.6 Å². The maximum Gasteiger partial charge on any atom is 0.250 e. The van der Waals surface area contributed by atoms with Crippen molar-refractivity contribution in [2.45, 2.75) is 13.5 Å². The van der Waals surface area contributed by atoms with Crippen LogP contribution < -0.4 is 5.73 Å². The number of hydrogen-bond acceptors (Lipinski definition) is 4. The number of nitrogens with zero attached hydrogens (tertiary/aromatic N) is 3. The smallest absolute Gasteiger partial charge is 0.250 e. The van der Waals surface area contributed by atoms with Crippen LogP contribution >= 0.6 is 0 Å². The number of pyridine rings is 1. The average Bonchev–Trinajstić information content (AvgIpc) is 2.69. The number of aryl methyl sites for hydroxylation is 1. The topological polar surface area (TPSA) is 90.9 Å². The van der Waals surface area contributed by atoms with E-state index >= 15 is 0 Å². The molecule has 16 heavy (non-hydrogen) atoms. The van der Waals surface area contributed by atoms with Gasteiger partial charge in [0.15, 0.2) is 11.9 Å². The Morgan fingerprint density at radius 1 is 1.56 bits per heavy atom. The Kier molecular flexibility index (Phi) is 2.40. The number of carbonyl (C=O) groups excluding carboxylic acids is 2. The molecule has 6 nitrogen and oxygen atoms in total. The van der Waals surface area contributed by atoms with Gasteiger partial charge in [-0.1, -0.05) is 0 Å². The van der Waals surface area contributed by atoms with E-state index in [9.17, 15) is 9.59 Å². The molecule has 0 aliphatic rings. The van der Waals surface area contributed by atoms with Gasteiger partial charge in [-0.25, -0.2) is 9.67 Å². The van der Waals surface area contributed by atoms with Crippen molar-refractivity contribution in [3.05, 3.63) is 23.5 Å². The highest BCUT2D eigenvalue weighted by Gasteiger charge is 2.16. The van der Waals surface area contributed by atoms with E-state index in [1.807, 2.05) is 6.92 Å². The molecular formula is C10H10N4O2. The molecule has 2 aromatic heterocycles. The maximum absolute atomic E-state index is 11.3. The highest BCUT2D eigenvalue weighted by atomic mass is 16.1. The molecule has 1 amide bonds. The van der Waals surface area contributed by atoms with Crippen LogP contribution in [0.4, 0.5) is 0 Å². The van der Waals surface area contributed by atoms with Crippen molar-refractivity contribution in [1.82, 2.24) is 14.8 Å². The van der Waals surface area contributed by atoms with E-state index in [0.29, 0.717) is 23.9 Å². The molecule has 2 N–H and O–H groups in total. The van der Waals surface area contributed by atoms with E-state index in [1.54, 1.807) is 4.68 Å². The van der Waals surface area contributed by atoms with E-state index in [1.165, 1.54) is 12.4 Å². The van der Waals surface area contributed by atoms with Crippen molar-refractivity contribution in [3.63, 3.8) is 0 Å². The van der Waals surface area contributed by atoms with Crippen LogP contribution in [0.25, 0.3) is 11.0 Å². The summed E-state index contributed by atoms with van der Waals surface area (Å²) >= 11 is 0. The first-order valence-electron chi connectivity index (χ1n) is 4.78. The van der Waals surface area contributed by atoms with Crippen LogP contribution in [0.2, 0.25) is 0 Å². The van der Waals surface area contributed by atoms with Crippen molar-refractivity contribution in [2.24, 2.45) is 5.73 Å². The van der Waals surface area contributed by atoms with Gasteiger partial charge in [-0.15, -0.1) is 0 Å². The van der Waals surface area contributed by atoms with E-state index in [-0.39, 0.29) is 11.1 Å². The molecule has 2 rings (SSSR count). The number of fused-ring (bicyclic) bond motifs is 1. The molecule has 0 saturated carbocycles. The Morgan fingerprint density at radius 2 is 2.31 bits per heavy atom. The summed E-state index contributed by atoms with van der Waals surface area (Å²) in [6, 6.07) is 0. The Balaban J connectivity index is 2.85. The predicted octanol–water partition coefficient (Wildman–Crippen LogP) is 0.363. The van der Waals surface area contributed by atoms with Gasteiger partial charge >= 0.3 is 0 Å². The van der Waals surface area contributed by atoms with E-state index < -0.39 is 5.91 Å². The number of carbonyl (C=O) groups is 2. The molecule has 0 bridgehead atoms. The number of amides is 1. The first-order chi connectivity index (χ1) is 7.69. The lowest BCUT2D eigenvalue weighted by molar-refractivity contribution is 0.0994. The number of nitrogens with two attached hydrogens (primary N) is 1. The minimum Gasteiger partial charge on any atom is -0.366 e. The standard InChI is InChI=1S/C10H10N4O2/c1-2-14-10-7(4-13-14)8(9(11)16)6(5-15)3-12-10/h3-5H,2H2,1H3,(H2,11,16). The maximum atomic E-state index is 11.3. The zero-order valence-corrected chi connectivity index (χ0v) is 8.67. The number of hydrogen-bond donors (Lipinski definition) is 1. The molecule has 6 heteroatoms. The van der Waals surface area contributed by atoms with Crippen LogP contribution in [0.15, 0.2) is 12.4 Å². The molecule has 0 saturated heterocycles. The van der Waals surface area contributed by atoms with E-state index in [4.69, 9.17) is 5.73 Å². The fraction of sp³-hybridized carbons (Fsp3) is 0.200. The number of aromatic nitrogens is 3. The van der Waals surface area contributed by atoms with Gasteiger partial charge in [0, 0.05) is 18.3 Å². The number of rotatable bonds is 3. The second kappa shape index (κ2) is 3.73. The second-order valence-corrected chi connectivity index (χ2v) is 3.27. The van der Waals surface area contributed by atoms with Gasteiger partial charge in [0.2, 0.25) is 5.91 Å². The highest BCUT2D eigenvalue weighted by molar-refractivity contribution is 6.10. The summed E-state index contributed by atoms with van der Waals surface area (Å²) in [4.78, 5) is 26.2. The van der Waals surface area contributed by atoms with Gasteiger partial charge in [-0.2, -0.15) is 5.10 Å². The third-order valence-electron chi connectivity index (χ3n) is 2.37. The molecule has 2 heterocycles. The van der Waals surface area contributed by atoms with Crippen molar-refractivity contribution in [2.75, 3.05) is 0 Å². The quantitative estimate of drug-likeness (QED) is 0.753. The third kappa shape index (κ3) is 1.35. The molecule has 0 fully saturated rings. The Labute approximate surface area is 91.1 Å². The average molecular weight is 218 g/mol. The molecule has 0 aromatic carbocycles. The molecule has 0 unspecified atom stereocenters. The fourth-order valence-corrected chi connectivity index (χ4v) is 1.64. The van der Waals surface area contributed by atoms with E-state index in [0.717, 1.165) is 0 Å². The Bertz CT molecular complexity index is 573. The lowest BCUT2D eigenvalue weighted by Crippen LogP contribution is -2.14. The lowest BCUT2D eigenvalue weighted by atomic mass is 10.1. The van der Waals surface area contributed by atoms with Gasteiger partial charge in [-0.05, 0) is 6.92 Å².